The van der Waals surface area contributed by atoms with Gasteiger partial charge in [-0.2, -0.15) is 0 Å². The number of halogens is 1. The minimum Gasteiger partial charge on any atom is -0.366 e. The maximum Gasteiger partial charge on any atom is 0.151 e. The van der Waals surface area contributed by atoms with Gasteiger partial charge in [0.05, 0.1) is 0 Å². The van der Waals surface area contributed by atoms with Gasteiger partial charge in [0.2, 0.25) is 0 Å². The zero-order valence-corrected chi connectivity index (χ0v) is 11.1. The van der Waals surface area contributed by atoms with E-state index in [1.165, 1.54) is 5.56 Å². The maximum atomic E-state index is 5.69. The van der Waals surface area contributed by atoms with Crippen molar-refractivity contribution in [3.63, 3.8) is 0 Å². The van der Waals surface area contributed by atoms with Crippen LogP contribution >= 0.6 is 11.6 Å². The van der Waals surface area contributed by atoms with Crippen LogP contribution in [0, 0.1) is 0 Å². The molecule has 0 aliphatic heterocycles. The van der Waals surface area contributed by atoms with E-state index in [-0.39, 0.29) is 0 Å². The summed E-state index contributed by atoms with van der Waals surface area (Å²) < 4.78 is 0. The van der Waals surface area contributed by atoms with Gasteiger partial charge in [-0.3, -0.25) is 0 Å². The first kappa shape index (κ1) is 12.8. The molecule has 18 heavy (non-hydrogen) atoms. The number of rotatable bonds is 5. The molecule has 0 spiro atoms. The lowest BCUT2D eigenvalue weighted by molar-refractivity contribution is 0.700. The van der Waals surface area contributed by atoms with E-state index in [4.69, 9.17) is 11.6 Å². The molecule has 94 valence electrons. The van der Waals surface area contributed by atoms with Crippen molar-refractivity contribution in [2.24, 2.45) is 0 Å². The fourth-order valence-electron chi connectivity index (χ4n) is 1.75. The smallest absolute Gasteiger partial charge is 0.151 e. The fraction of sp³-hybridized carbons (Fsp3) is 0.286. The first-order valence-corrected chi connectivity index (χ1v) is 6.41. The Balaban J connectivity index is 1.82. The average molecular weight is 262 g/mol. The lowest BCUT2D eigenvalue weighted by Crippen LogP contribution is -2.17. The molecule has 1 aromatic heterocycles. The van der Waals surface area contributed by atoms with E-state index in [9.17, 15) is 0 Å². The van der Waals surface area contributed by atoms with Crippen LogP contribution in [0.5, 0.6) is 0 Å². The largest absolute Gasteiger partial charge is 0.366 e. The van der Waals surface area contributed by atoms with E-state index in [0.29, 0.717) is 11.2 Å². The number of aromatic nitrogens is 2. The second-order valence-electron chi connectivity index (χ2n) is 4.31. The molecule has 1 heterocycles. The second-order valence-corrected chi connectivity index (χ2v) is 4.70. The van der Waals surface area contributed by atoms with Crippen molar-refractivity contribution in [3.05, 3.63) is 53.2 Å². The predicted molar refractivity (Wildman–Crippen MR) is 74.9 cm³/mol. The Kier molecular flexibility index (Phi) is 4.53. The SMILES string of the molecule is CC(CCc1ccccc1)Nc1ccc(Cl)nn1. The summed E-state index contributed by atoms with van der Waals surface area (Å²) in [5, 5.41) is 11.5. The third-order valence-corrected chi connectivity index (χ3v) is 2.94. The average Bonchev–Trinajstić information content (AvgIpc) is 2.40. The minimum absolute atomic E-state index is 0.348. The highest BCUT2D eigenvalue weighted by molar-refractivity contribution is 6.29. The molecule has 1 N–H and O–H groups in total. The van der Waals surface area contributed by atoms with Gasteiger partial charge in [-0.25, -0.2) is 0 Å². The summed E-state index contributed by atoms with van der Waals surface area (Å²) in [6.07, 6.45) is 2.10. The first-order chi connectivity index (χ1) is 8.74. The molecule has 0 radical (unpaired) electrons. The summed E-state index contributed by atoms with van der Waals surface area (Å²) in [6.45, 7) is 2.14. The Bertz CT molecular complexity index is 470. The quantitative estimate of drug-likeness (QED) is 0.894. The monoisotopic (exact) mass is 261 g/mol. The third-order valence-electron chi connectivity index (χ3n) is 2.74. The lowest BCUT2D eigenvalue weighted by Gasteiger charge is -2.13. The highest BCUT2D eigenvalue weighted by Crippen LogP contribution is 2.10. The zero-order valence-electron chi connectivity index (χ0n) is 10.3. The van der Waals surface area contributed by atoms with Crippen molar-refractivity contribution in [1.29, 1.82) is 0 Å². The van der Waals surface area contributed by atoms with Gasteiger partial charge < -0.3 is 5.32 Å². The minimum atomic E-state index is 0.348. The Hall–Kier alpha value is -1.61. The maximum absolute atomic E-state index is 5.69. The van der Waals surface area contributed by atoms with Gasteiger partial charge in [0.25, 0.3) is 0 Å². The Labute approximate surface area is 112 Å². The van der Waals surface area contributed by atoms with Crippen LogP contribution in [0.4, 0.5) is 5.82 Å². The lowest BCUT2D eigenvalue weighted by atomic mass is 10.1. The molecule has 1 aromatic carbocycles. The van der Waals surface area contributed by atoms with E-state index in [0.717, 1.165) is 18.7 Å². The number of hydrogen-bond acceptors (Lipinski definition) is 3. The van der Waals surface area contributed by atoms with E-state index in [1.807, 2.05) is 12.1 Å². The van der Waals surface area contributed by atoms with Gasteiger partial charge >= 0.3 is 0 Å². The number of benzene rings is 1. The van der Waals surface area contributed by atoms with Gasteiger partial charge in [0, 0.05) is 6.04 Å². The van der Waals surface area contributed by atoms with E-state index in [1.54, 1.807) is 6.07 Å². The van der Waals surface area contributed by atoms with Crippen LogP contribution in [0.15, 0.2) is 42.5 Å². The molecule has 4 heteroatoms. The van der Waals surface area contributed by atoms with Crippen LogP contribution in [0.3, 0.4) is 0 Å². The molecule has 0 saturated heterocycles. The Morgan fingerprint density at radius 3 is 2.56 bits per heavy atom. The van der Waals surface area contributed by atoms with Crippen molar-refractivity contribution in [1.82, 2.24) is 10.2 Å². The fourth-order valence-corrected chi connectivity index (χ4v) is 1.85. The van der Waals surface area contributed by atoms with Gasteiger partial charge in [0.1, 0.15) is 5.82 Å². The molecule has 0 aliphatic rings. The third kappa shape index (κ3) is 4.00. The van der Waals surface area contributed by atoms with Gasteiger partial charge in [-0.05, 0) is 37.5 Å². The zero-order chi connectivity index (χ0) is 12.8. The van der Waals surface area contributed by atoms with Crippen LogP contribution in [-0.4, -0.2) is 16.2 Å². The highest BCUT2D eigenvalue weighted by Gasteiger charge is 2.04. The van der Waals surface area contributed by atoms with Crippen molar-refractivity contribution < 1.29 is 0 Å². The van der Waals surface area contributed by atoms with Crippen LogP contribution < -0.4 is 5.32 Å². The molecular formula is C14H16ClN3. The summed E-state index contributed by atoms with van der Waals surface area (Å²) in [5.74, 6) is 0.764. The van der Waals surface area contributed by atoms with Gasteiger partial charge in [0.15, 0.2) is 5.15 Å². The molecule has 0 amide bonds. The molecule has 1 atom stereocenters. The first-order valence-electron chi connectivity index (χ1n) is 6.04. The summed E-state index contributed by atoms with van der Waals surface area (Å²) in [6, 6.07) is 14.4. The predicted octanol–water partition coefficient (Wildman–Crippen LogP) is 3.56. The van der Waals surface area contributed by atoms with E-state index < -0.39 is 0 Å². The van der Waals surface area contributed by atoms with E-state index >= 15 is 0 Å². The molecule has 0 bridgehead atoms. The number of nitrogens with one attached hydrogen (secondary N) is 1. The molecule has 2 rings (SSSR count). The van der Waals surface area contributed by atoms with Crippen molar-refractivity contribution in [2.45, 2.75) is 25.8 Å². The van der Waals surface area contributed by atoms with Gasteiger partial charge in [-0.1, -0.05) is 41.9 Å². The van der Waals surface area contributed by atoms with Crippen LogP contribution in [0.1, 0.15) is 18.9 Å². The van der Waals surface area contributed by atoms with Gasteiger partial charge in [-0.15, -0.1) is 10.2 Å². The molecule has 2 aromatic rings. The Morgan fingerprint density at radius 1 is 1.11 bits per heavy atom. The van der Waals surface area contributed by atoms with Crippen LogP contribution in [-0.2, 0) is 6.42 Å². The van der Waals surface area contributed by atoms with E-state index in [2.05, 4.69) is 46.7 Å². The summed E-state index contributed by atoms with van der Waals surface area (Å²) >= 11 is 5.69. The van der Waals surface area contributed by atoms with Crippen molar-refractivity contribution in [3.8, 4) is 0 Å². The molecule has 1 unspecified atom stereocenters. The molecule has 3 nitrogen and oxygen atoms in total. The number of nitrogens with zero attached hydrogens (tertiary/aromatic N) is 2. The molecule has 0 aliphatic carbocycles. The highest BCUT2D eigenvalue weighted by atomic mass is 35.5. The molecular weight excluding hydrogens is 246 g/mol. The number of aryl methyl sites for hydroxylation is 1. The van der Waals surface area contributed by atoms with Crippen LogP contribution in [0.25, 0.3) is 0 Å². The summed E-state index contributed by atoms with van der Waals surface area (Å²) in [7, 11) is 0. The van der Waals surface area contributed by atoms with Crippen molar-refractivity contribution in [2.75, 3.05) is 5.32 Å². The van der Waals surface area contributed by atoms with Crippen molar-refractivity contribution >= 4 is 17.4 Å². The normalized spacial score (nSPS) is 12.1. The summed E-state index contributed by atoms with van der Waals surface area (Å²) in [5.41, 5.74) is 1.35. The topological polar surface area (TPSA) is 37.8 Å². The number of anilines is 1. The second kappa shape index (κ2) is 6.36. The molecule has 0 fully saturated rings. The summed E-state index contributed by atoms with van der Waals surface area (Å²) in [4.78, 5) is 0. The Morgan fingerprint density at radius 2 is 1.89 bits per heavy atom. The van der Waals surface area contributed by atoms with Crippen LogP contribution in [0.2, 0.25) is 5.15 Å². The number of hydrogen-bond donors (Lipinski definition) is 1. The molecule has 0 saturated carbocycles. The standard InChI is InChI=1S/C14H16ClN3/c1-11(7-8-12-5-3-2-4-6-12)16-14-10-9-13(15)17-18-14/h2-6,9-11H,7-8H2,1H3,(H,16,18).